The number of hydrogen-bond donors (Lipinski definition) is 2. The minimum absolute atomic E-state index is 0.237. The second-order valence-corrected chi connectivity index (χ2v) is 6.39. The molecular weight excluding hydrogens is 260 g/mol. The van der Waals surface area contributed by atoms with Crippen LogP contribution in [0.2, 0.25) is 0 Å². The molecule has 0 radical (unpaired) electrons. The number of nitrogens with zero attached hydrogens (tertiary/aromatic N) is 1. The van der Waals surface area contributed by atoms with Crippen molar-refractivity contribution in [2.24, 2.45) is 5.92 Å². The molecule has 0 aromatic heterocycles. The van der Waals surface area contributed by atoms with Gasteiger partial charge in [0.15, 0.2) is 0 Å². The molecule has 2 unspecified atom stereocenters. The van der Waals surface area contributed by atoms with Gasteiger partial charge in [-0.05, 0) is 23.8 Å². The van der Waals surface area contributed by atoms with Gasteiger partial charge in [-0.1, -0.05) is 0 Å². The predicted octanol–water partition coefficient (Wildman–Crippen LogP) is 0.909. The summed E-state index contributed by atoms with van der Waals surface area (Å²) in [6, 6.07) is -0.905. The number of carboxylic acid groups (broad SMARTS) is 1. The van der Waals surface area contributed by atoms with Crippen molar-refractivity contribution in [3.8, 4) is 0 Å². The zero-order valence-corrected chi connectivity index (χ0v) is 11.1. The highest BCUT2D eigenvalue weighted by Crippen LogP contribution is 2.23. The van der Waals surface area contributed by atoms with Crippen molar-refractivity contribution in [2.45, 2.75) is 12.5 Å². The lowest BCUT2D eigenvalue weighted by Gasteiger charge is -2.21. The summed E-state index contributed by atoms with van der Waals surface area (Å²) in [5.74, 6) is 2.85. The molecule has 0 spiro atoms. The van der Waals surface area contributed by atoms with Crippen LogP contribution >= 0.6 is 23.5 Å². The molecule has 96 valence electrons. The molecule has 2 saturated heterocycles. The maximum absolute atomic E-state index is 11.8. The molecule has 2 atom stereocenters. The summed E-state index contributed by atoms with van der Waals surface area (Å²) in [4.78, 5) is 24.2. The van der Waals surface area contributed by atoms with Crippen LogP contribution in [-0.2, 0) is 4.79 Å². The van der Waals surface area contributed by atoms with E-state index >= 15 is 0 Å². The summed E-state index contributed by atoms with van der Waals surface area (Å²) in [6.45, 7) is 0.666. The van der Waals surface area contributed by atoms with Gasteiger partial charge in [0, 0.05) is 12.3 Å². The van der Waals surface area contributed by atoms with Gasteiger partial charge in [-0.2, -0.15) is 11.8 Å². The van der Waals surface area contributed by atoms with Crippen LogP contribution in [0.15, 0.2) is 0 Å². The molecule has 2 amide bonds. The van der Waals surface area contributed by atoms with E-state index in [2.05, 4.69) is 5.32 Å². The molecule has 7 heteroatoms. The lowest BCUT2D eigenvalue weighted by atomic mass is 10.1. The highest BCUT2D eigenvalue weighted by atomic mass is 32.2. The molecule has 0 aliphatic carbocycles. The molecule has 5 nitrogen and oxygen atoms in total. The average Bonchev–Trinajstić information content (AvgIpc) is 2.96. The minimum Gasteiger partial charge on any atom is -0.480 e. The quantitative estimate of drug-likeness (QED) is 0.802. The molecule has 2 N–H and O–H groups in total. The van der Waals surface area contributed by atoms with E-state index in [9.17, 15) is 9.59 Å². The van der Waals surface area contributed by atoms with Gasteiger partial charge < -0.3 is 15.3 Å². The van der Waals surface area contributed by atoms with Gasteiger partial charge in [-0.3, -0.25) is 0 Å². The van der Waals surface area contributed by atoms with Gasteiger partial charge >= 0.3 is 12.0 Å². The van der Waals surface area contributed by atoms with Crippen molar-refractivity contribution < 1.29 is 14.7 Å². The van der Waals surface area contributed by atoms with E-state index in [0.29, 0.717) is 24.1 Å². The molecule has 0 saturated carbocycles. The summed E-state index contributed by atoms with van der Waals surface area (Å²) >= 11 is 3.39. The third kappa shape index (κ3) is 3.22. The molecule has 17 heavy (non-hydrogen) atoms. The Labute approximate surface area is 109 Å². The second-order valence-electron chi connectivity index (χ2n) is 4.24. The molecule has 0 aromatic carbocycles. The number of nitrogens with one attached hydrogen (secondary N) is 1. The lowest BCUT2D eigenvalue weighted by molar-refractivity contribution is -0.140. The number of rotatable bonds is 3. The molecule has 2 aliphatic heterocycles. The summed E-state index contributed by atoms with van der Waals surface area (Å²) in [5, 5.41) is 11.8. The molecule has 2 heterocycles. The largest absolute Gasteiger partial charge is 0.480 e. The summed E-state index contributed by atoms with van der Waals surface area (Å²) in [7, 11) is 0. The Hall–Kier alpha value is -0.560. The van der Waals surface area contributed by atoms with Crippen molar-refractivity contribution in [2.75, 3.05) is 29.7 Å². The number of carboxylic acids is 1. The van der Waals surface area contributed by atoms with E-state index in [-0.39, 0.29) is 6.03 Å². The van der Waals surface area contributed by atoms with Crippen LogP contribution in [-0.4, -0.2) is 57.7 Å². The maximum atomic E-state index is 11.8. The number of carbonyl (C=O) groups excluding carboxylic acids is 1. The third-order valence-corrected chi connectivity index (χ3v) is 5.24. The fourth-order valence-electron chi connectivity index (χ4n) is 1.92. The number of aliphatic carboxylic acids is 1. The molecule has 0 bridgehead atoms. The molecule has 0 aromatic rings. The van der Waals surface area contributed by atoms with Crippen LogP contribution < -0.4 is 5.32 Å². The minimum atomic E-state index is -0.915. The first-order chi connectivity index (χ1) is 8.18. The maximum Gasteiger partial charge on any atom is 0.327 e. The smallest absolute Gasteiger partial charge is 0.327 e. The summed E-state index contributed by atoms with van der Waals surface area (Å²) in [5.41, 5.74) is 0. The zero-order chi connectivity index (χ0) is 12.3. The van der Waals surface area contributed by atoms with E-state index in [1.807, 2.05) is 11.8 Å². The summed E-state index contributed by atoms with van der Waals surface area (Å²) in [6.07, 6.45) is 1.14. The molecule has 2 rings (SSSR count). The second kappa shape index (κ2) is 5.86. The fraction of sp³-hybridized carbons (Fsp3) is 0.800. The van der Waals surface area contributed by atoms with Crippen LogP contribution in [0.3, 0.4) is 0 Å². The Morgan fingerprint density at radius 3 is 2.82 bits per heavy atom. The van der Waals surface area contributed by atoms with Gasteiger partial charge in [-0.15, -0.1) is 11.8 Å². The Morgan fingerprint density at radius 2 is 2.18 bits per heavy atom. The van der Waals surface area contributed by atoms with E-state index < -0.39 is 12.0 Å². The van der Waals surface area contributed by atoms with Crippen LogP contribution in [0.5, 0.6) is 0 Å². The van der Waals surface area contributed by atoms with Crippen molar-refractivity contribution in [1.29, 1.82) is 0 Å². The average molecular weight is 276 g/mol. The fourth-order valence-corrected chi connectivity index (χ4v) is 4.35. The van der Waals surface area contributed by atoms with E-state index in [1.54, 1.807) is 0 Å². The topological polar surface area (TPSA) is 69.6 Å². The number of carbonyl (C=O) groups is 2. The van der Waals surface area contributed by atoms with Crippen molar-refractivity contribution in [3.63, 3.8) is 0 Å². The number of amides is 2. The number of urea groups is 1. The monoisotopic (exact) mass is 276 g/mol. The van der Waals surface area contributed by atoms with Crippen LogP contribution in [0, 0.1) is 5.92 Å². The van der Waals surface area contributed by atoms with Gasteiger partial charge in [0.05, 0.1) is 5.88 Å². The first-order valence-corrected chi connectivity index (χ1v) is 7.92. The van der Waals surface area contributed by atoms with Crippen molar-refractivity contribution >= 4 is 35.5 Å². The van der Waals surface area contributed by atoms with E-state index in [1.165, 1.54) is 16.7 Å². The molecule has 2 fully saturated rings. The standard InChI is InChI=1S/C10H16N2O3S2/c13-9(14)8-5-17-6-12(8)10(15)11-3-7-1-2-16-4-7/h7-8H,1-6H2,(H,11,15)(H,13,14). The van der Waals surface area contributed by atoms with Crippen LogP contribution in [0.25, 0.3) is 0 Å². The van der Waals surface area contributed by atoms with Crippen LogP contribution in [0.1, 0.15) is 6.42 Å². The molecule has 2 aliphatic rings. The Bertz CT molecular complexity index is 308. The number of hydrogen-bond acceptors (Lipinski definition) is 4. The van der Waals surface area contributed by atoms with Gasteiger partial charge in [0.1, 0.15) is 6.04 Å². The Morgan fingerprint density at radius 1 is 1.35 bits per heavy atom. The first kappa shape index (κ1) is 12.9. The predicted molar refractivity (Wildman–Crippen MR) is 69.4 cm³/mol. The van der Waals surface area contributed by atoms with E-state index in [0.717, 1.165) is 17.9 Å². The molecular formula is C10H16N2O3S2. The third-order valence-electron chi connectivity index (χ3n) is 2.99. The van der Waals surface area contributed by atoms with Crippen LogP contribution in [0.4, 0.5) is 4.79 Å². The SMILES string of the molecule is O=C(O)C1CSCN1C(=O)NCC1CCSC1. The van der Waals surface area contributed by atoms with Gasteiger partial charge in [-0.25, -0.2) is 9.59 Å². The normalized spacial score (nSPS) is 28.4. The van der Waals surface area contributed by atoms with Gasteiger partial charge in [0.2, 0.25) is 0 Å². The Kier molecular flexibility index (Phi) is 4.44. The van der Waals surface area contributed by atoms with Crippen molar-refractivity contribution in [3.05, 3.63) is 0 Å². The highest BCUT2D eigenvalue weighted by molar-refractivity contribution is 7.99. The highest BCUT2D eigenvalue weighted by Gasteiger charge is 2.34. The number of thioether (sulfide) groups is 2. The van der Waals surface area contributed by atoms with Gasteiger partial charge in [0.25, 0.3) is 0 Å². The zero-order valence-electron chi connectivity index (χ0n) is 9.42. The van der Waals surface area contributed by atoms with E-state index in [4.69, 9.17) is 5.11 Å². The Balaban J connectivity index is 1.80. The lowest BCUT2D eigenvalue weighted by Crippen LogP contribution is -2.47. The summed E-state index contributed by atoms with van der Waals surface area (Å²) < 4.78 is 0. The first-order valence-electron chi connectivity index (χ1n) is 5.61. The van der Waals surface area contributed by atoms with Crippen molar-refractivity contribution in [1.82, 2.24) is 10.2 Å².